The quantitative estimate of drug-likeness (QED) is 0.443. The van der Waals surface area contributed by atoms with Gasteiger partial charge in [0.25, 0.3) is 0 Å². The molecule has 1 heterocycles. The van der Waals surface area contributed by atoms with E-state index in [4.69, 9.17) is 0 Å². The van der Waals surface area contributed by atoms with Crippen LogP contribution in [0.2, 0.25) is 19.6 Å². The van der Waals surface area contributed by atoms with Crippen LogP contribution in [-0.2, 0) is 11.0 Å². The van der Waals surface area contributed by atoms with Gasteiger partial charge in [-0.15, -0.1) is 5.54 Å². The van der Waals surface area contributed by atoms with Gasteiger partial charge in [0.05, 0.1) is 16.8 Å². The minimum atomic E-state index is -1.33. The first-order valence-electron chi connectivity index (χ1n) is 6.81. The summed E-state index contributed by atoms with van der Waals surface area (Å²) >= 11 is 0. The number of rotatable bonds is 3. The van der Waals surface area contributed by atoms with Gasteiger partial charge in [-0.05, 0) is 27.2 Å². The Morgan fingerprint density at radius 2 is 1.83 bits per heavy atom. The van der Waals surface area contributed by atoms with Gasteiger partial charge >= 0.3 is 0 Å². The Hall–Kier alpha value is -0.113. The van der Waals surface area contributed by atoms with Crippen molar-refractivity contribution in [3.8, 4) is 11.5 Å². The molecule has 1 aliphatic heterocycles. The third-order valence-electron chi connectivity index (χ3n) is 2.77. The van der Waals surface area contributed by atoms with Crippen LogP contribution in [0.1, 0.15) is 40.5 Å². The van der Waals surface area contributed by atoms with E-state index in [1.54, 1.807) is 0 Å². The molecule has 0 saturated carbocycles. The van der Waals surface area contributed by atoms with Gasteiger partial charge in [-0.1, -0.05) is 38.9 Å². The lowest BCUT2D eigenvalue weighted by atomic mass is 10.2. The molecule has 0 N–H and O–H groups in total. The van der Waals surface area contributed by atoms with E-state index in [-0.39, 0.29) is 10.8 Å². The van der Waals surface area contributed by atoms with E-state index >= 15 is 0 Å². The zero-order valence-corrected chi connectivity index (χ0v) is 14.6. The minimum Gasteiger partial charge on any atom is -0.242 e. The standard InChI is InChI=1S/C14H27NOSSi/c1-8-9-12-13(10-11-18(5,6)7)15(12)17(16)14(2,3)4/h12-13H,8-9H2,1-7H3/t12-,13-,15?,17?/m1/s1. The van der Waals surface area contributed by atoms with Crippen molar-refractivity contribution in [2.24, 2.45) is 0 Å². The fraction of sp³-hybridized carbons (Fsp3) is 0.857. The van der Waals surface area contributed by atoms with Gasteiger partial charge in [-0.3, -0.25) is 0 Å². The van der Waals surface area contributed by atoms with Crippen LogP contribution < -0.4 is 0 Å². The van der Waals surface area contributed by atoms with Crippen LogP contribution in [0.4, 0.5) is 0 Å². The Morgan fingerprint density at radius 3 is 2.22 bits per heavy atom. The topological polar surface area (TPSA) is 20.1 Å². The fourth-order valence-corrected chi connectivity index (χ4v) is 3.86. The first kappa shape index (κ1) is 15.9. The highest BCUT2D eigenvalue weighted by molar-refractivity contribution is 7.84. The monoisotopic (exact) mass is 285 g/mol. The van der Waals surface area contributed by atoms with E-state index < -0.39 is 19.1 Å². The van der Waals surface area contributed by atoms with E-state index in [0.29, 0.717) is 6.04 Å². The van der Waals surface area contributed by atoms with Gasteiger partial charge in [0.1, 0.15) is 19.1 Å². The van der Waals surface area contributed by atoms with Crippen LogP contribution in [0, 0.1) is 11.5 Å². The Morgan fingerprint density at radius 1 is 1.28 bits per heavy atom. The molecule has 0 aliphatic carbocycles. The molecule has 1 fully saturated rings. The maximum atomic E-state index is 12.4. The molecule has 2 unspecified atom stereocenters. The van der Waals surface area contributed by atoms with Gasteiger partial charge in [0, 0.05) is 0 Å². The second kappa shape index (κ2) is 5.48. The second-order valence-corrected chi connectivity index (χ2v) is 13.9. The zero-order valence-electron chi connectivity index (χ0n) is 12.8. The summed E-state index contributed by atoms with van der Waals surface area (Å²) in [6.45, 7) is 15.0. The van der Waals surface area contributed by atoms with Gasteiger partial charge < -0.3 is 0 Å². The Kier molecular flexibility index (Phi) is 4.85. The predicted molar refractivity (Wildman–Crippen MR) is 83.3 cm³/mol. The molecular formula is C14H27NOSSi. The first-order chi connectivity index (χ1) is 8.08. The molecule has 4 atom stereocenters. The maximum Gasteiger partial charge on any atom is 0.129 e. The molecule has 0 amide bonds. The lowest BCUT2D eigenvalue weighted by Crippen LogP contribution is -2.28. The molecule has 0 radical (unpaired) electrons. The lowest BCUT2D eigenvalue weighted by Gasteiger charge is -2.18. The number of hydrogen-bond donors (Lipinski definition) is 0. The van der Waals surface area contributed by atoms with E-state index in [2.05, 4.69) is 42.3 Å². The molecule has 0 aromatic carbocycles. The van der Waals surface area contributed by atoms with Crippen molar-refractivity contribution in [2.45, 2.75) is 77.0 Å². The van der Waals surface area contributed by atoms with Crippen molar-refractivity contribution >= 4 is 19.1 Å². The number of nitrogens with zero attached hydrogens (tertiary/aromatic N) is 1. The summed E-state index contributed by atoms with van der Waals surface area (Å²) in [5, 5.41) is 0. The molecule has 1 aliphatic rings. The zero-order chi connectivity index (χ0) is 14.1. The molecule has 1 saturated heterocycles. The highest BCUT2D eigenvalue weighted by Gasteiger charge is 2.52. The van der Waals surface area contributed by atoms with Gasteiger partial charge in [-0.2, -0.15) is 0 Å². The van der Waals surface area contributed by atoms with Gasteiger partial charge in [-0.25, -0.2) is 8.51 Å². The van der Waals surface area contributed by atoms with Crippen LogP contribution >= 0.6 is 0 Å². The maximum absolute atomic E-state index is 12.4. The highest BCUT2D eigenvalue weighted by atomic mass is 32.2. The highest BCUT2D eigenvalue weighted by Crippen LogP contribution is 2.37. The normalized spacial score (nSPS) is 29.4. The lowest BCUT2D eigenvalue weighted by molar-refractivity contribution is 0.592. The summed E-state index contributed by atoms with van der Waals surface area (Å²) < 4.78 is 14.4. The van der Waals surface area contributed by atoms with E-state index in [1.165, 1.54) is 0 Å². The molecule has 0 aromatic heterocycles. The Bertz CT molecular complexity index is 383. The fourth-order valence-electron chi connectivity index (χ4n) is 1.83. The third kappa shape index (κ3) is 4.22. The summed E-state index contributed by atoms with van der Waals surface area (Å²) in [5.41, 5.74) is 3.42. The summed E-state index contributed by atoms with van der Waals surface area (Å²) in [7, 11) is -2.25. The molecule has 104 valence electrons. The van der Waals surface area contributed by atoms with Crippen LogP contribution in [0.5, 0.6) is 0 Å². The molecule has 0 bridgehead atoms. The SMILES string of the molecule is CCC[C@@H]1[C@@H](C#C[Si](C)(C)C)N1S(=O)C(C)(C)C. The molecule has 1 rings (SSSR count). The van der Waals surface area contributed by atoms with Crippen molar-refractivity contribution in [1.29, 1.82) is 0 Å². The van der Waals surface area contributed by atoms with Crippen LogP contribution in [-0.4, -0.2) is 33.4 Å². The minimum absolute atomic E-state index is 0.179. The molecule has 0 spiro atoms. The average Bonchev–Trinajstić information content (AvgIpc) is 2.85. The summed E-state index contributed by atoms with van der Waals surface area (Å²) in [5.74, 6) is 3.38. The average molecular weight is 286 g/mol. The smallest absolute Gasteiger partial charge is 0.129 e. The van der Waals surface area contributed by atoms with Gasteiger partial charge in [0.2, 0.25) is 0 Å². The third-order valence-corrected chi connectivity index (χ3v) is 5.59. The van der Waals surface area contributed by atoms with Crippen molar-refractivity contribution in [1.82, 2.24) is 4.31 Å². The van der Waals surface area contributed by atoms with E-state index in [1.807, 2.05) is 20.8 Å². The number of hydrogen-bond acceptors (Lipinski definition) is 1. The Balaban J connectivity index is 2.79. The van der Waals surface area contributed by atoms with Crippen molar-refractivity contribution in [3.05, 3.63) is 0 Å². The van der Waals surface area contributed by atoms with Crippen molar-refractivity contribution in [3.63, 3.8) is 0 Å². The van der Waals surface area contributed by atoms with Crippen LogP contribution in [0.15, 0.2) is 0 Å². The van der Waals surface area contributed by atoms with Crippen molar-refractivity contribution in [2.75, 3.05) is 0 Å². The molecule has 0 aromatic rings. The first-order valence-corrected chi connectivity index (χ1v) is 11.4. The summed E-state index contributed by atoms with van der Waals surface area (Å²) in [4.78, 5) is 0. The predicted octanol–water partition coefficient (Wildman–Crippen LogP) is 3.18. The summed E-state index contributed by atoms with van der Waals surface area (Å²) in [6.07, 6.45) is 2.24. The second-order valence-electron chi connectivity index (χ2n) is 7.04. The van der Waals surface area contributed by atoms with Crippen LogP contribution in [0.3, 0.4) is 0 Å². The van der Waals surface area contributed by atoms with Gasteiger partial charge in [0.15, 0.2) is 0 Å². The molecule has 2 nitrogen and oxygen atoms in total. The largest absolute Gasteiger partial charge is 0.242 e. The van der Waals surface area contributed by atoms with E-state index in [0.717, 1.165) is 12.8 Å². The molecule has 18 heavy (non-hydrogen) atoms. The van der Waals surface area contributed by atoms with Crippen LogP contribution in [0.25, 0.3) is 0 Å². The molecule has 4 heteroatoms. The Labute approximate surface area is 116 Å². The van der Waals surface area contributed by atoms with Crippen molar-refractivity contribution < 1.29 is 4.21 Å². The summed E-state index contributed by atoms with van der Waals surface area (Å²) in [6, 6.07) is 0.649. The molecular weight excluding hydrogens is 258 g/mol. The van der Waals surface area contributed by atoms with E-state index in [9.17, 15) is 4.21 Å².